The minimum absolute atomic E-state index is 0.405. The largest absolute Gasteiger partial charge is 0.444 e. The van der Waals surface area contributed by atoms with Crippen molar-refractivity contribution in [1.29, 1.82) is 0 Å². The summed E-state index contributed by atoms with van der Waals surface area (Å²) in [5.74, 6) is 3.13. The summed E-state index contributed by atoms with van der Waals surface area (Å²) < 4.78 is 5.45. The van der Waals surface area contributed by atoms with E-state index in [0.717, 1.165) is 11.7 Å². The molecule has 0 amide bonds. The van der Waals surface area contributed by atoms with Gasteiger partial charge in [-0.1, -0.05) is 6.92 Å². The Morgan fingerprint density at radius 2 is 2.42 bits per heavy atom. The van der Waals surface area contributed by atoms with Crippen molar-refractivity contribution in [2.45, 2.75) is 32.2 Å². The van der Waals surface area contributed by atoms with Crippen LogP contribution >= 0.6 is 0 Å². The topological polar surface area (TPSA) is 52.0 Å². The van der Waals surface area contributed by atoms with Gasteiger partial charge in [-0.25, -0.2) is 4.98 Å². The summed E-state index contributed by atoms with van der Waals surface area (Å²) in [5, 5.41) is 0. The van der Waals surface area contributed by atoms with Crippen LogP contribution in [0.1, 0.15) is 37.3 Å². The van der Waals surface area contributed by atoms with Gasteiger partial charge >= 0.3 is 0 Å². The van der Waals surface area contributed by atoms with Crippen LogP contribution in [0, 0.1) is 5.92 Å². The van der Waals surface area contributed by atoms with Gasteiger partial charge in [-0.05, 0) is 18.8 Å². The molecule has 0 aliphatic heterocycles. The van der Waals surface area contributed by atoms with Crippen molar-refractivity contribution in [2.24, 2.45) is 11.7 Å². The Kier molecular flexibility index (Phi) is 1.89. The first-order valence-corrected chi connectivity index (χ1v) is 4.44. The second-order valence-electron chi connectivity index (χ2n) is 3.63. The highest BCUT2D eigenvalue weighted by atomic mass is 16.4. The summed E-state index contributed by atoms with van der Waals surface area (Å²) in [6.45, 7) is 2.67. The molecule has 66 valence electrons. The van der Waals surface area contributed by atoms with Crippen LogP contribution in [0.15, 0.2) is 10.6 Å². The standard InChI is InChI=1S/C9H14N2O/c1-6-2-7(3-6)8-5-11-9(4-10)12-8/h5-7H,2-4,10H2,1H3. The molecular weight excluding hydrogens is 152 g/mol. The van der Waals surface area contributed by atoms with E-state index in [2.05, 4.69) is 11.9 Å². The molecule has 1 fully saturated rings. The second-order valence-corrected chi connectivity index (χ2v) is 3.63. The summed E-state index contributed by atoms with van der Waals surface area (Å²) in [7, 11) is 0. The molecule has 1 heterocycles. The van der Waals surface area contributed by atoms with Crippen LogP contribution in [0.25, 0.3) is 0 Å². The van der Waals surface area contributed by atoms with Crippen LogP contribution < -0.4 is 5.73 Å². The van der Waals surface area contributed by atoms with Gasteiger partial charge in [-0.3, -0.25) is 0 Å². The Labute approximate surface area is 72.0 Å². The molecule has 1 aliphatic rings. The van der Waals surface area contributed by atoms with Crippen molar-refractivity contribution < 1.29 is 4.42 Å². The van der Waals surface area contributed by atoms with Crippen LogP contribution in [0.3, 0.4) is 0 Å². The van der Waals surface area contributed by atoms with Crippen molar-refractivity contribution in [3.8, 4) is 0 Å². The molecule has 2 N–H and O–H groups in total. The van der Waals surface area contributed by atoms with Gasteiger partial charge in [-0.15, -0.1) is 0 Å². The van der Waals surface area contributed by atoms with Gasteiger partial charge in [0, 0.05) is 5.92 Å². The lowest BCUT2D eigenvalue weighted by Crippen LogP contribution is -2.18. The zero-order chi connectivity index (χ0) is 8.55. The zero-order valence-electron chi connectivity index (χ0n) is 7.29. The maximum absolute atomic E-state index is 5.45. The van der Waals surface area contributed by atoms with Gasteiger partial charge in [0.15, 0.2) is 0 Å². The maximum atomic E-state index is 5.45. The predicted octanol–water partition coefficient (Wildman–Crippen LogP) is 1.65. The third kappa shape index (κ3) is 1.25. The fraction of sp³-hybridized carbons (Fsp3) is 0.667. The molecule has 1 aromatic heterocycles. The average Bonchev–Trinajstić information content (AvgIpc) is 2.46. The molecule has 1 saturated carbocycles. The van der Waals surface area contributed by atoms with Crippen LogP contribution in [0.5, 0.6) is 0 Å². The third-order valence-corrected chi connectivity index (χ3v) is 2.52. The number of nitrogens with two attached hydrogens (primary N) is 1. The number of hydrogen-bond acceptors (Lipinski definition) is 3. The van der Waals surface area contributed by atoms with Gasteiger partial charge in [0.2, 0.25) is 5.89 Å². The highest BCUT2D eigenvalue weighted by molar-refractivity contribution is 5.06. The summed E-state index contributed by atoms with van der Waals surface area (Å²) >= 11 is 0. The normalized spacial score (nSPS) is 28.5. The maximum Gasteiger partial charge on any atom is 0.208 e. The van der Waals surface area contributed by atoms with Crippen molar-refractivity contribution >= 4 is 0 Å². The SMILES string of the molecule is CC1CC(c2cnc(CN)o2)C1. The van der Waals surface area contributed by atoms with Crippen LogP contribution in [0.2, 0.25) is 0 Å². The molecule has 0 saturated heterocycles. The fourth-order valence-electron chi connectivity index (χ4n) is 1.74. The third-order valence-electron chi connectivity index (χ3n) is 2.52. The van der Waals surface area contributed by atoms with Crippen LogP contribution in [0.4, 0.5) is 0 Å². The molecule has 0 spiro atoms. The minimum Gasteiger partial charge on any atom is -0.444 e. The molecule has 12 heavy (non-hydrogen) atoms. The van der Waals surface area contributed by atoms with Crippen LogP contribution in [-0.2, 0) is 6.54 Å². The van der Waals surface area contributed by atoms with Gasteiger partial charge in [-0.2, -0.15) is 0 Å². The Hall–Kier alpha value is -0.830. The van der Waals surface area contributed by atoms with Gasteiger partial charge in [0.05, 0.1) is 12.7 Å². The zero-order valence-corrected chi connectivity index (χ0v) is 7.29. The summed E-state index contributed by atoms with van der Waals surface area (Å²) in [6.07, 6.45) is 4.29. The Bertz CT molecular complexity index is 263. The monoisotopic (exact) mass is 166 g/mol. The van der Waals surface area contributed by atoms with Gasteiger partial charge < -0.3 is 10.2 Å². The number of nitrogens with zero attached hydrogens (tertiary/aromatic N) is 1. The molecule has 3 heteroatoms. The van der Waals surface area contributed by atoms with E-state index in [0.29, 0.717) is 18.4 Å². The average molecular weight is 166 g/mol. The van der Waals surface area contributed by atoms with Crippen molar-refractivity contribution in [3.05, 3.63) is 17.8 Å². The summed E-state index contributed by atoms with van der Waals surface area (Å²) in [6, 6.07) is 0. The second kappa shape index (κ2) is 2.90. The van der Waals surface area contributed by atoms with Crippen molar-refractivity contribution in [3.63, 3.8) is 0 Å². The quantitative estimate of drug-likeness (QED) is 0.726. The van der Waals surface area contributed by atoms with E-state index < -0.39 is 0 Å². The molecule has 1 aromatic rings. The van der Waals surface area contributed by atoms with E-state index in [9.17, 15) is 0 Å². The summed E-state index contributed by atoms with van der Waals surface area (Å²) in [5.41, 5.74) is 5.39. The molecule has 0 atom stereocenters. The Morgan fingerprint density at radius 3 is 2.92 bits per heavy atom. The molecule has 0 bridgehead atoms. The molecule has 3 nitrogen and oxygen atoms in total. The predicted molar refractivity (Wildman–Crippen MR) is 45.5 cm³/mol. The molecule has 0 radical (unpaired) electrons. The van der Waals surface area contributed by atoms with E-state index in [-0.39, 0.29) is 0 Å². The number of hydrogen-bond donors (Lipinski definition) is 1. The number of aromatic nitrogens is 1. The van der Waals surface area contributed by atoms with E-state index in [4.69, 9.17) is 10.2 Å². The number of oxazole rings is 1. The highest BCUT2D eigenvalue weighted by Crippen LogP contribution is 2.41. The molecular formula is C9H14N2O. The summed E-state index contributed by atoms with van der Waals surface area (Å²) in [4.78, 5) is 4.07. The Balaban J connectivity index is 2.04. The first-order chi connectivity index (χ1) is 5.79. The van der Waals surface area contributed by atoms with E-state index in [1.165, 1.54) is 12.8 Å². The first kappa shape index (κ1) is 7.80. The first-order valence-electron chi connectivity index (χ1n) is 4.44. The lowest BCUT2D eigenvalue weighted by molar-refractivity contribution is 0.249. The highest BCUT2D eigenvalue weighted by Gasteiger charge is 2.29. The van der Waals surface area contributed by atoms with E-state index in [1.54, 1.807) is 0 Å². The lowest BCUT2D eigenvalue weighted by Gasteiger charge is -2.30. The molecule has 1 aliphatic carbocycles. The Morgan fingerprint density at radius 1 is 1.67 bits per heavy atom. The van der Waals surface area contributed by atoms with Gasteiger partial charge in [0.25, 0.3) is 0 Å². The van der Waals surface area contributed by atoms with Crippen molar-refractivity contribution in [1.82, 2.24) is 4.98 Å². The molecule has 2 rings (SSSR count). The lowest BCUT2D eigenvalue weighted by atomic mass is 9.75. The van der Waals surface area contributed by atoms with Crippen LogP contribution in [-0.4, -0.2) is 4.98 Å². The van der Waals surface area contributed by atoms with Gasteiger partial charge in [0.1, 0.15) is 5.76 Å². The molecule has 0 aromatic carbocycles. The van der Waals surface area contributed by atoms with E-state index in [1.807, 2.05) is 6.20 Å². The van der Waals surface area contributed by atoms with Crippen molar-refractivity contribution in [2.75, 3.05) is 0 Å². The number of rotatable bonds is 2. The smallest absolute Gasteiger partial charge is 0.208 e. The minimum atomic E-state index is 0.405. The fourth-order valence-corrected chi connectivity index (χ4v) is 1.74. The molecule has 0 unspecified atom stereocenters. The van der Waals surface area contributed by atoms with E-state index >= 15 is 0 Å².